The lowest BCUT2D eigenvalue weighted by atomic mass is 9.86. The molecule has 13 rings (SSSR count). The van der Waals surface area contributed by atoms with Crippen molar-refractivity contribution < 1.29 is 4.42 Å². The third-order valence-electron chi connectivity index (χ3n) is 12.1. The molecule has 0 atom stereocenters. The summed E-state index contributed by atoms with van der Waals surface area (Å²) in [5.74, 6) is 0. The van der Waals surface area contributed by atoms with Crippen molar-refractivity contribution in [2.45, 2.75) is 0 Å². The van der Waals surface area contributed by atoms with Gasteiger partial charge in [-0.15, -0.1) is 22.7 Å². The van der Waals surface area contributed by atoms with Gasteiger partial charge in [-0.2, -0.15) is 0 Å². The zero-order chi connectivity index (χ0) is 37.2. The zero-order valence-corrected chi connectivity index (χ0v) is 32.2. The van der Waals surface area contributed by atoms with Crippen LogP contribution in [0.5, 0.6) is 0 Å². The van der Waals surface area contributed by atoms with Crippen molar-refractivity contribution in [3.63, 3.8) is 0 Å². The molecule has 0 bridgehead atoms. The van der Waals surface area contributed by atoms with Crippen LogP contribution in [0.3, 0.4) is 0 Å². The number of hydrogen-bond acceptors (Lipinski definition) is 3. The predicted octanol–water partition coefficient (Wildman–Crippen LogP) is 16.8. The quantitative estimate of drug-likeness (QED) is 0.164. The van der Waals surface area contributed by atoms with E-state index in [1.54, 1.807) is 0 Å². The molecule has 0 spiro atoms. The molecule has 3 heterocycles. The third-order valence-corrected chi connectivity index (χ3v) is 14.7. The van der Waals surface area contributed by atoms with Gasteiger partial charge in [-0.05, 0) is 96.7 Å². The molecule has 0 fully saturated rings. The van der Waals surface area contributed by atoms with Crippen LogP contribution in [0.1, 0.15) is 0 Å². The Morgan fingerprint density at radius 1 is 0.281 bits per heavy atom. The Kier molecular flexibility index (Phi) is 6.54. The van der Waals surface area contributed by atoms with Crippen molar-refractivity contribution in [1.82, 2.24) is 0 Å². The van der Waals surface area contributed by atoms with Crippen LogP contribution in [0.4, 0.5) is 0 Å². The Hall–Kier alpha value is -6.78. The van der Waals surface area contributed by atoms with Gasteiger partial charge in [0.15, 0.2) is 0 Å². The molecular formula is C54H30OS2. The molecule has 0 aliphatic carbocycles. The minimum atomic E-state index is 0.899. The fraction of sp³-hybridized carbons (Fsp3) is 0. The molecule has 0 saturated carbocycles. The summed E-state index contributed by atoms with van der Waals surface area (Å²) in [5.41, 5.74) is 9.09. The van der Waals surface area contributed by atoms with Gasteiger partial charge in [-0.3, -0.25) is 0 Å². The Bertz CT molecular complexity index is 3750. The van der Waals surface area contributed by atoms with Crippen LogP contribution in [0.15, 0.2) is 186 Å². The molecule has 0 unspecified atom stereocenters. The lowest BCUT2D eigenvalue weighted by molar-refractivity contribution is 0.669. The summed E-state index contributed by atoms with van der Waals surface area (Å²) >= 11 is 3.85. The topological polar surface area (TPSA) is 13.1 Å². The van der Waals surface area contributed by atoms with Crippen LogP contribution >= 0.6 is 22.7 Å². The summed E-state index contributed by atoms with van der Waals surface area (Å²) in [6, 6.07) is 66.8. The first-order valence-electron chi connectivity index (χ1n) is 19.4. The predicted molar refractivity (Wildman–Crippen MR) is 248 cm³/mol. The minimum Gasteiger partial charge on any atom is -0.456 e. The number of furan rings is 1. The number of thiophene rings is 2. The van der Waals surface area contributed by atoms with Gasteiger partial charge in [0, 0.05) is 47.1 Å². The van der Waals surface area contributed by atoms with Gasteiger partial charge < -0.3 is 4.42 Å². The molecule has 0 aliphatic heterocycles. The Balaban J connectivity index is 0.998. The standard InChI is InChI=1S/C54H30OS2/c1-2-12-31(13-3-1)50-38-16-5-7-18-40(38)51(41-19-8-6-17-39(41)50)33-23-25-36-35-24-22-32(28-47(35)55-48(36)29-33)45-30-46-44-27-26-43-37-15-10-11-21-49(37)56-53(43)54(44)57-52(46)42-20-9-4-14-34(42)45/h1-30H. The highest BCUT2D eigenvalue weighted by Crippen LogP contribution is 2.49. The molecule has 1 nitrogen and oxygen atoms in total. The van der Waals surface area contributed by atoms with Crippen LogP contribution in [0, 0.1) is 0 Å². The average Bonchev–Trinajstić information content (AvgIpc) is 3.96. The molecule has 13 aromatic rings. The molecule has 57 heavy (non-hydrogen) atoms. The van der Waals surface area contributed by atoms with Crippen LogP contribution in [0.2, 0.25) is 0 Å². The van der Waals surface area contributed by atoms with E-state index in [1.165, 1.54) is 94.9 Å². The Morgan fingerprint density at radius 3 is 1.44 bits per heavy atom. The number of hydrogen-bond donors (Lipinski definition) is 0. The van der Waals surface area contributed by atoms with Crippen LogP contribution in [-0.2, 0) is 0 Å². The number of rotatable bonds is 3. The van der Waals surface area contributed by atoms with E-state index in [4.69, 9.17) is 4.42 Å². The highest BCUT2D eigenvalue weighted by atomic mass is 32.1. The maximum atomic E-state index is 6.83. The van der Waals surface area contributed by atoms with Gasteiger partial charge in [0.1, 0.15) is 11.2 Å². The van der Waals surface area contributed by atoms with Gasteiger partial charge in [0.2, 0.25) is 0 Å². The van der Waals surface area contributed by atoms with Crippen LogP contribution in [-0.4, -0.2) is 0 Å². The fourth-order valence-corrected chi connectivity index (χ4v) is 12.2. The van der Waals surface area contributed by atoms with Crippen molar-refractivity contribution in [2.24, 2.45) is 0 Å². The maximum Gasteiger partial charge on any atom is 0.136 e. The third kappa shape index (κ3) is 4.50. The molecule has 0 amide bonds. The summed E-state index contributed by atoms with van der Waals surface area (Å²) in [6.07, 6.45) is 0. The first-order valence-corrected chi connectivity index (χ1v) is 21.0. The van der Waals surface area contributed by atoms with E-state index in [2.05, 4.69) is 182 Å². The first-order chi connectivity index (χ1) is 28.3. The molecule has 10 aromatic carbocycles. The average molecular weight is 759 g/mol. The monoisotopic (exact) mass is 758 g/mol. The Morgan fingerprint density at radius 2 is 0.754 bits per heavy atom. The number of fused-ring (bicyclic) bond motifs is 14. The molecule has 0 N–H and O–H groups in total. The SMILES string of the molecule is c1ccc(-c2c3ccccc3c(-c3ccc4c(c3)oc3cc(-c5cc6c7ccc8c9ccccc9sc8c7sc6c6ccccc56)ccc34)c3ccccc23)cc1. The molecule has 0 saturated heterocycles. The van der Waals surface area contributed by atoms with Gasteiger partial charge in [0.05, 0.1) is 9.40 Å². The normalized spacial score (nSPS) is 12.2. The summed E-state index contributed by atoms with van der Waals surface area (Å²) in [4.78, 5) is 0. The van der Waals surface area contributed by atoms with Crippen molar-refractivity contribution in [1.29, 1.82) is 0 Å². The second-order valence-electron chi connectivity index (χ2n) is 15.1. The molecule has 264 valence electrons. The fourth-order valence-electron chi connectivity index (χ4n) is 9.53. The van der Waals surface area contributed by atoms with Crippen molar-refractivity contribution in [3.8, 4) is 33.4 Å². The minimum absolute atomic E-state index is 0.899. The van der Waals surface area contributed by atoms with Crippen molar-refractivity contribution in [2.75, 3.05) is 0 Å². The van der Waals surface area contributed by atoms with E-state index < -0.39 is 0 Å². The smallest absolute Gasteiger partial charge is 0.136 e. The van der Waals surface area contributed by atoms with E-state index >= 15 is 0 Å². The lowest BCUT2D eigenvalue weighted by Crippen LogP contribution is -1.90. The second-order valence-corrected chi connectivity index (χ2v) is 17.2. The van der Waals surface area contributed by atoms with E-state index in [1.807, 2.05) is 22.7 Å². The first kappa shape index (κ1) is 31.4. The maximum absolute atomic E-state index is 6.83. The molecule has 0 aliphatic rings. The zero-order valence-electron chi connectivity index (χ0n) is 30.5. The van der Waals surface area contributed by atoms with Gasteiger partial charge in [0.25, 0.3) is 0 Å². The van der Waals surface area contributed by atoms with Crippen molar-refractivity contribution >= 4 is 117 Å². The second kappa shape index (κ2) is 11.9. The summed E-state index contributed by atoms with van der Waals surface area (Å²) in [7, 11) is 0. The van der Waals surface area contributed by atoms with E-state index in [-0.39, 0.29) is 0 Å². The van der Waals surface area contributed by atoms with Crippen LogP contribution < -0.4 is 0 Å². The molecule has 3 heteroatoms. The van der Waals surface area contributed by atoms with Gasteiger partial charge in [-0.1, -0.05) is 146 Å². The van der Waals surface area contributed by atoms with Gasteiger partial charge in [-0.25, -0.2) is 0 Å². The van der Waals surface area contributed by atoms with E-state index in [0.717, 1.165) is 33.1 Å². The lowest BCUT2D eigenvalue weighted by Gasteiger charge is -2.17. The van der Waals surface area contributed by atoms with E-state index in [0.29, 0.717) is 0 Å². The highest BCUT2D eigenvalue weighted by Gasteiger charge is 2.20. The largest absolute Gasteiger partial charge is 0.456 e. The van der Waals surface area contributed by atoms with Gasteiger partial charge >= 0.3 is 0 Å². The van der Waals surface area contributed by atoms with Crippen LogP contribution in [0.25, 0.3) is 128 Å². The molecule has 3 aromatic heterocycles. The highest BCUT2D eigenvalue weighted by molar-refractivity contribution is 7.34. The summed E-state index contributed by atoms with van der Waals surface area (Å²) < 4.78 is 12.3. The summed E-state index contributed by atoms with van der Waals surface area (Å²) in [6.45, 7) is 0. The molecular weight excluding hydrogens is 729 g/mol. The molecule has 0 radical (unpaired) electrons. The number of benzene rings is 10. The summed E-state index contributed by atoms with van der Waals surface area (Å²) in [5, 5.41) is 15.1. The van der Waals surface area contributed by atoms with Crippen molar-refractivity contribution in [3.05, 3.63) is 182 Å². The Labute approximate surface area is 335 Å². The van der Waals surface area contributed by atoms with E-state index in [9.17, 15) is 0 Å².